The molecule has 11 heteroatoms. The van der Waals surface area contributed by atoms with Gasteiger partial charge in [-0.25, -0.2) is 29.1 Å². The number of carboxylic acid groups (broad SMARTS) is 1. The van der Waals surface area contributed by atoms with Crippen molar-refractivity contribution in [3.8, 4) is 0 Å². The number of hydrogen-bond donors (Lipinski definition) is 2. The Morgan fingerprint density at radius 3 is 2.83 bits per heavy atom. The molecule has 0 spiro atoms. The van der Waals surface area contributed by atoms with E-state index in [1.807, 2.05) is 4.90 Å². The minimum absolute atomic E-state index is 0.00154. The van der Waals surface area contributed by atoms with Crippen LogP contribution in [0.2, 0.25) is 5.02 Å². The monoisotopic (exact) mass is 432 g/mol. The van der Waals surface area contributed by atoms with Gasteiger partial charge < -0.3 is 20.1 Å². The molecule has 1 saturated heterocycles. The van der Waals surface area contributed by atoms with Crippen molar-refractivity contribution in [2.75, 3.05) is 29.9 Å². The molecule has 0 aliphatic carbocycles. The number of fused-ring (bicyclic) bond motifs is 1. The van der Waals surface area contributed by atoms with Gasteiger partial charge in [0.15, 0.2) is 5.82 Å². The second-order valence-electron chi connectivity index (χ2n) is 6.77. The molecule has 0 radical (unpaired) electrons. The van der Waals surface area contributed by atoms with E-state index in [1.165, 1.54) is 18.5 Å². The first-order valence-corrected chi connectivity index (χ1v) is 9.65. The highest BCUT2D eigenvalue weighted by Crippen LogP contribution is 2.26. The summed E-state index contributed by atoms with van der Waals surface area (Å²) < 4.78 is 18.8. The lowest BCUT2D eigenvalue weighted by Crippen LogP contribution is -2.38. The topological polar surface area (TPSA) is 113 Å². The van der Waals surface area contributed by atoms with E-state index in [1.54, 1.807) is 12.3 Å². The van der Waals surface area contributed by atoms with Crippen LogP contribution in [-0.2, 0) is 9.53 Å². The summed E-state index contributed by atoms with van der Waals surface area (Å²) in [7, 11) is 0. The predicted molar refractivity (Wildman–Crippen MR) is 109 cm³/mol. The third kappa shape index (κ3) is 4.55. The van der Waals surface area contributed by atoms with Crippen LogP contribution in [0, 0.1) is 5.82 Å². The Morgan fingerprint density at radius 1 is 1.30 bits per heavy atom. The summed E-state index contributed by atoms with van der Waals surface area (Å²) in [5.41, 5.74) is 1.65. The first kappa shape index (κ1) is 20.2. The number of nitrogens with one attached hydrogen (secondary N) is 1. The maximum atomic E-state index is 13.4. The standard InChI is InChI=1S/C19H18ClFN6O3/c20-13-7-11(1-2-14(13)21)25-18-17-15(23-10-24-18)8-22-19(26-17)27-5-3-12(4-6-27)30-9-16(28)29/h1-2,7-8,10,12H,3-6,9H2,(H,28,29)(H,23,24,25). The molecule has 0 bridgehead atoms. The molecule has 1 aliphatic rings. The fourth-order valence-corrected chi connectivity index (χ4v) is 3.39. The molecule has 3 aromatic rings. The molecule has 0 unspecified atom stereocenters. The summed E-state index contributed by atoms with van der Waals surface area (Å²) in [4.78, 5) is 30.1. The number of rotatable bonds is 6. The molecule has 0 amide bonds. The number of carboxylic acids is 1. The molecular formula is C19H18ClFN6O3. The van der Waals surface area contributed by atoms with E-state index in [0.717, 1.165) is 0 Å². The van der Waals surface area contributed by atoms with Crippen molar-refractivity contribution < 1.29 is 19.0 Å². The van der Waals surface area contributed by atoms with Crippen LogP contribution in [0.5, 0.6) is 0 Å². The largest absolute Gasteiger partial charge is 0.480 e. The number of aliphatic carboxylic acids is 1. The van der Waals surface area contributed by atoms with Gasteiger partial charge in [-0.3, -0.25) is 0 Å². The Morgan fingerprint density at radius 2 is 2.10 bits per heavy atom. The number of nitrogens with zero attached hydrogens (tertiary/aromatic N) is 5. The summed E-state index contributed by atoms with van der Waals surface area (Å²) in [6.45, 7) is 0.983. The molecule has 0 saturated carbocycles. The zero-order valence-corrected chi connectivity index (χ0v) is 16.5. The molecule has 1 fully saturated rings. The highest BCUT2D eigenvalue weighted by molar-refractivity contribution is 6.31. The number of halogens is 2. The van der Waals surface area contributed by atoms with Crippen LogP contribution in [0.15, 0.2) is 30.7 Å². The second kappa shape index (κ2) is 8.72. The Hall–Kier alpha value is -3.11. The summed E-state index contributed by atoms with van der Waals surface area (Å²) in [5, 5.41) is 11.8. The molecule has 9 nitrogen and oxygen atoms in total. The number of hydrogen-bond acceptors (Lipinski definition) is 8. The van der Waals surface area contributed by atoms with Crippen molar-refractivity contribution in [2.45, 2.75) is 18.9 Å². The summed E-state index contributed by atoms with van der Waals surface area (Å²) in [6.07, 6.45) is 4.28. The molecular weight excluding hydrogens is 415 g/mol. The number of carbonyl (C=O) groups is 1. The average Bonchev–Trinajstić information content (AvgIpc) is 2.75. The Labute approximate surface area is 175 Å². The molecule has 4 rings (SSSR count). The molecule has 1 aliphatic heterocycles. The van der Waals surface area contributed by atoms with Crippen molar-refractivity contribution in [2.24, 2.45) is 0 Å². The highest BCUT2D eigenvalue weighted by atomic mass is 35.5. The quantitative estimate of drug-likeness (QED) is 0.606. The van der Waals surface area contributed by atoms with E-state index in [9.17, 15) is 9.18 Å². The first-order valence-electron chi connectivity index (χ1n) is 9.28. The van der Waals surface area contributed by atoms with Gasteiger partial charge in [-0.05, 0) is 31.0 Å². The maximum Gasteiger partial charge on any atom is 0.329 e. The SMILES string of the molecule is O=C(O)COC1CCN(c2ncc3ncnc(Nc4ccc(F)c(Cl)c4)c3n2)CC1. The van der Waals surface area contributed by atoms with Gasteiger partial charge in [0.05, 0.1) is 17.3 Å². The van der Waals surface area contributed by atoms with Crippen LogP contribution in [0.1, 0.15) is 12.8 Å². The Balaban J connectivity index is 1.53. The summed E-state index contributed by atoms with van der Waals surface area (Å²) >= 11 is 5.85. The van der Waals surface area contributed by atoms with Crippen molar-refractivity contribution >= 4 is 46.1 Å². The Bertz CT molecular complexity index is 1080. The zero-order chi connectivity index (χ0) is 21.1. The maximum absolute atomic E-state index is 13.4. The fourth-order valence-electron chi connectivity index (χ4n) is 3.21. The lowest BCUT2D eigenvalue weighted by atomic mass is 10.1. The Kier molecular flexibility index (Phi) is 5.86. The third-order valence-electron chi connectivity index (χ3n) is 4.71. The smallest absolute Gasteiger partial charge is 0.329 e. The normalized spacial score (nSPS) is 14.8. The number of aromatic nitrogens is 4. The minimum Gasteiger partial charge on any atom is -0.480 e. The lowest BCUT2D eigenvalue weighted by Gasteiger charge is -2.31. The van der Waals surface area contributed by atoms with Gasteiger partial charge in [0.1, 0.15) is 29.8 Å². The number of ether oxygens (including phenoxy) is 1. The van der Waals surface area contributed by atoms with E-state index in [0.29, 0.717) is 54.4 Å². The van der Waals surface area contributed by atoms with Crippen LogP contribution < -0.4 is 10.2 Å². The van der Waals surface area contributed by atoms with E-state index >= 15 is 0 Å². The van der Waals surface area contributed by atoms with Gasteiger partial charge >= 0.3 is 5.97 Å². The average molecular weight is 433 g/mol. The van der Waals surface area contributed by atoms with Crippen molar-refractivity contribution in [3.63, 3.8) is 0 Å². The number of anilines is 3. The van der Waals surface area contributed by atoms with Crippen LogP contribution in [0.3, 0.4) is 0 Å². The van der Waals surface area contributed by atoms with Crippen molar-refractivity contribution in [1.82, 2.24) is 19.9 Å². The van der Waals surface area contributed by atoms with Crippen LogP contribution in [-0.4, -0.2) is 56.8 Å². The van der Waals surface area contributed by atoms with Crippen LogP contribution in [0.25, 0.3) is 11.0 Å². The molecule has 2 N–H and O–H groups in total. The summed E-state index contributed by atoms with van der Waals surface area (Å²) in [6, 6.07) is 4.29. The minimum atomic E-state index is -0.974. The molecule has 156 valence electrons. The van der Waals surface area contributed by atoms with Gasteiger partial charge in [-0.15, -0.1) is 0 Å². The summed E-state index contributed by atoms with van der Waals surface area (Å²) in [5.74, 6) is -0.506. The van der Waals surface area contributed by atoms with Crippen molar-refractivity contribution in [1.29, 1.82) is 0 Å². The highest BCUT2D eigenvalue weighted by Gasteiger charge is 2.23. The van der Waals surface area contributed by atoms with Gasteiger partial charge in [-0.2, -0.15) is 0 Å². The van der Waals surface area contributed by atoms with Gasteiger partial charge in [0.25, 0.3) is 0 Å². The first-order chi connectivity index (χ1) is 14.5. The number of piperidine rings is 1. The fraction of sp³-hybridized carbons (Fsp3) is 0.316. The second-order valence-corrected chi connectivity index (χ2v) is 7.18. The molecule has 3 heterocycles. The zero-order valence-electron chi connectivity index (χ0n) is 15.8. The predicted octanol–water partition coefficient (Wildman–Crippen LogP) is 3.03. The van der Waals surface area contributed by atoms with Gasteiger partial charge in [0.2, 0.25) is 5.95 Å². The number of benzene rings is 1. The van der Waals surface area contributed by atoms with E-state index in [-0.39, 0.29) is 17.7 Å². The molecule has 2 aromatic heterocycles. The van der Waals surface area contributed by atoms with Crippen LogP contribution >= 0.6 is 11.6 Å². The van der Waals surface area contributed by atoms with E-state index < -0.39 is 11.8 Å². The van der Waals surface area contributed by atoms with Gasteiger partial charge in [0, 0.05) is 18.8 Å². The van der Waals surface area contributed by atoms with E-state index in [4.69, 9.17) is 21.4 Å². The molecule has 1 aromatic carbocycles. The van der Waals surface area contributed by atoms with Crippen LogP contribution in [0.4, 0.5) is 21.8 Å². The lowest BCUT2D eigenvalue weighted by molar-refractivity contribution is -0.144. The van der Waals surface area contributed by atoms with E-state index in [2.05, 4.69) is 25.3 Å². The third-order valence-corrected chi connectivity index (χ3v) is 5.00. The van der Waals surface area contributed by atoms with Gasteiger partial charge in [-0.1, -0.05) is 11.6 Å². The van der Waals surface area contributed by atoms with Crippen molar-refractivity contribution in [3.05, 3.63) is 41.6 Å². The molecule has 0 atom stereocenters. The molecule has 30 heavy (non-hydrogen) atoms.